The standard InChI is InChI=1S/C85H148O16P2/c1-4-7-10-13-16-19-22-25-28-30-32-34-35-36-37-38-39-40-41-42-43-45-47-48-51-53-56-59-62-65-68-71-83(88)95-74-80(86)75-97-102(91,92)98-76-81(87)77-99-103(93,94)100-79-82(101-85(90)73-70-67-64-61-58-55-50-27-24-21-18-15-12-9-6-3)78-96-84(89)72-69-66-63-60-57-54-52-49-46-44-33-31-29-26-23-20-17-14-11-8-5-2/h7,10,16-17,19-20,25-26,28-29,32-34,36-37,39-40,44,49,52,80-82,86-87H,4-6,8-9,11-15,18,21-24,27,30-31,35,38,41-43,45-48,50-51,53-79H2,1-3H3,(H,91,92)(H,93,94)/b10-7-,19-16-,20-17-,28-25-,29-26-,34-32-,37-36-,40-39-,44-33-,52-49-. The number of hydrogen-bond acceptors (Lipinski definition) is 14. The summed E-state index contributed by atoms with van der Waals surface area (Å²) >= 11 is 0. The van der Waals surface area contributed by atoms with Gasteiger partial charge in [0.1, 0.15) is 25.4 Å². The Morgan fingerprint density at radius 3 is 0.835 bits per heavy atom. The van der Waals surface area contributed by atoms with E-state index in [1.165, 1.54) is 141 Å². The van der Waals surface area contributed by atoms with Crippen LogP contribution in [-0.2, 0) is 55.8 Å². The van der Waals surface area contributed by atoms with Gasteiger partial charge in [0.2, 0.25) is 0 Å². The molecule has 4 N–H and O–H groups in total. The monoisotopic (exact) mass is 1490 g/mol. The molecule has 0 aromatic heterocycles. The predicted octanol–water partition coefficient (Wildman–Crippen LogP) is 24.1. The lowest BCUT2D eigenvalue weighted by molar-refractivity contribution is -0.161. The molecule has 0 aromatic rings. The summed E-state index contributed by atoms with van der Waals surface area (Å²) in [6, 6.07) is 0. The average molecular weight is 1490 g/mol. The number of carbonyl (C=O) groups excluding carboxylic acids is 3. The summed E-state index contributed by atoms with van der Waals surface area (Å²) in [5, 5.41) is 20.7. The van der Waals surface area contributed by atoms with Gasteiger partial charge in [0.15, 0.2) is 6.10 Å². The lowest BCUT2D eigenvalue weighted by Gasteiger charge is -2.21. The fraction of sp³-hybridized carbons (Fsp3) is 0.729. The number of phosphoric ester groups is 2. The van der Waals surface area contributed by atoms with Gasteiger partial charge in [0.25, 0.3) is 0 Å². The maximum Gasteiger partial charge on any atom is 0.472 e. The van der Waals surface area contributed by atoms with Crippen molar-refractivity contribution in [2.24, 2.45) is 0 Å². The third-order valence-electron chi connectivity index (χ3n) is 17.2. The van der Waals surface area contributed by atoms with Crippen molar-refractivity contribution in [1.82, 2.24) is 0 Å². The Labute approximate surface area is 627 Å². The predicted molar refractivity (Wildman–Crippen MR) is 427 cm³/mol. The quantitative estimate of drug-likeness (QED) is 0.0146. The maximum absolute atomic E-state index is 13.0. The first kappa shape index (κ1) is 98.9. The van der Waals surface area contributed by atoms with Crippen LogP contribution < -0.4 is 0 Å². The maximum atomic E-state index is 13.0. The van der Waals surface area contributed by atoms with Crippen molar-refractivity contribution in [2.45, 2.75) is 360 Å². The number of allylic oxidation sites excluding steroid dienone is 20. The average Bonchev–Trinajstić information content (AvgIpc) is 0.922. The lowest BCUT2D eigenvalue weighted by atomic mass is 10.0. The molecule has 0 heterocycles. The number of phosphoric acid groups is 2. The fourth-order valence-electron chi connectivity index (χ4n) is 11.0. The molecule has 0 amide bonds. The van der Waals surface area contributed by atoms with Gasteiger partial charge in [-0.05, 0) is 116 Å². The van der Waals surface area contributed by atoms with Crippen LogP contribution >= 0.6 is 15.6 Å². The van der Waals surface area contributed by atoms with E-state index in [1.54, 1.807) is 0 Å². The Bertz CT molecular complexity index is 2360. The van der Waals surface area contributed by atoms with Crippen molar-refractivity contribution >= 4 is 33.6 Å². The Morgan fingerprint density at radius 2 is 0.515 bits per heavy atom. The molecule has 0 aliphatic rings. The molecule has 0 fully saturated rings. The van der Waals surface area contributed by atoms with E-state index < -0.39 is 91.5 Å². The van der Waals surface area contributed by atoms with Crippen LogP contribution in [0.1, 0.15) is 342 Å². The van der Waals surface area contributed by atoms with E-state index in [4.69, 9.17) is 32.3 Å². The van der Waals surface area contributed by atoms with Crippen LogP contribution in [0.4, 0.5) is 0 Å². The Balaban J connectivity index is 4.51. The molecule has 5 atom stereocenters. The highest BCUT2D eigenvalue weighted by atomic mass is 31.2. The summed E-state index contributed by atoms with van der Waals surface area (Å²) < 4.78 is 61.2. The number of ether oxygens (including phenoxy) is 3. The highest BCUT2D eigenvalue weighted by Gasteiger charge is 2.29. The van der Waals surface area contributed by atoms with Crippen molar-refractivity contribution in [1.29, 1.82) is 0 Å². The summed E-state index contributed by atoms with van der Waals surface area (Å²) in [4.78, 5) is 58.7. The summed E-state index contributed by atoms with van der Waals surface area (Å²) in [6.45, 7) is 2.55. The van der Waals surface area contributed by atoms with Gasteiger partial charge in [-0.25, -0.2) is 9.13 Å². The van der Waals surface area contributed by atoms with Crippen LogP contribution in [0.2, 0.25) is 0 Å². The van der Waals surface area contributed by atoms with Crippen molar-refractivity contribution in [3.8, 4) is 0 Å². The molecule has 0 spiro atoms. The van der Waals surface area contributed by atoms with E-state index in [9.17, 15) is 43.5 Å². The molecule has 103 heavy (non-hydrogen) atoms. The van der Waals surface area contributed by atoms with Gasteiger partial charge in [-0.15, -0.1) is 0 Å². The zero-order chi connectivity index (χ0) is 75.2. The van der Waals surface area contributed by atoms with Crippen LogP contribution in [0, 0.1) is 0 Å². The van der Waals surface area contributed by atoms with Crippen LogP contribution in [0.3, 0.4) is 0 Å². The van der Waals surface area contributed by atoms with Crippen molar-refractivity contribution in [3.05, 3.63) is 122 Å². The van der Waals surface area contributed by atoms with E-state index in [0.717, 1.165) is 141 Å². The van der Waals surface area contributed by atoms with Crippen LogP contribution in [-0.4, -0.2) is 95.9 Å². The van der Waals surface area contributed by atoms with E-state index in [0.29, 0.717) is 19.3 Å². The van der Waals surface area contributed by atoms with E-state index in [-0.39, 0.29) is 19.3 Å². The van der Waals surface area contributed by atoms with E-state index in [1.807, 2.05) is 0 Å². The molecular formula is C85H148O16P2. The largest absolute Gasteiger partial charge is 0.472 e. The minimum atomic E-state index is -4.93. The van der Waals surface area contributed by atoms with Gasteiger partial charge in [0, 0.05) is 19.3 Å². The second-order valence-electron chi connectivity index (χ2n) is 27.2. The van der Waals surface area contributed by atoms with Gasteiger partial charge >= 0.3 is 33.6 Å². The Hall–Kier alpha value is -4.05. The van der Waals surface area contributed by atoms with Crippen molar-refractivity contribution < 1.29 is 75.8 Å². The number of aliphatic hydroxyl groups excluding tert-OH is 2. The number of rotatable bonds is 77. The van der Waals surface area contributed by atoms with E-state index >= 15 is 0 Å². The minimum absolute atomic E-state index is 0.103. The first-order valence-corrected chi connectivity index (χ1v) is 43.8. The molecule has 0 saturated heterocycles. The zero-order valence-electron chi connectivity index (χ0n) is 65.0. The first-order valence-electron chi connectivity index (χ1n) is 40.8. The van der Waals surface area contributed by atoms with Crippen LogP contribution in [0.25, 0.3) is 0 Å². The fourth-order valence-corrected chi connectivity index (χ4v) is 12.6. The van der Waals surface area contributed by atoms with Gasteiger partial charge in [-0.2, -0.15) is 0 Å². The minimum Gasteiger partial charge on any atom is -0.463 e. The number of aliphatic hydroxyl groups is 2. The first-order chi connectivity index (χ1) is 50.2. The zero-order valence-corrected chi connectivity index (χ0v) is 66.7. The van der Waals surface area contributed by atoms with Crippen LogP contribution in [0.5, 0.6) is 0 Å². The molecule has 594 valence electrons. The van der Waals surface area contributed by atoms with Gasteiger partial charge < -0.3 is 34.2 Å². The SMILES string of the molecule is CC/C=C\C/C=C\C/C=C\C/C=C\C/C=C\C/C=C\CCCCCCCCCCCCCCC(=O)OCC(O)COP(=O)(O)OCC(O)COP(=O)(O)OCC(COC(=O)CCCCCCC/C=C\C/C=C\C/C=C\C/C=C\CCCCC)OC(=O)CCCCCCCCCCCCCCCCC. The third kappa shape index (κ3) is 78.8. The molecule has 0 aliphatic heterocycles. The molecule has 16 nitrogen and oxygen atoms in total. The normalized spacial score (nSPS) is 14.6. The molecular weight excluding hydrogens is 1340 g/mol. The molecule has 5 unspecified atom stereocenters. The summed E-state index contributed by atoms with van der Waals surface area (Å²) in [7, 11) is -9.79. The topological polar surface area (TPSA) is 231 Å². The molecule has 0 aliphatic carbocycles. The molecule has 0 saturated carbocycles. The highest BCUT2D eigenvalue weighted by Crippen LogP contribution is 2.45. The van der Waals surface area contributed by atoms with E-state index in [2.05, 4.69) is 142 Å². The molecule has 0 radical (unpaired) electrons. The van der Waals surface area contributed by atoms with Crippen molar-refractivity contribution in [2.75, 3.05) is 39.6 Å². The van der Waals surface area contributed by atoms with Crippen molar-refractivity contribution in [3.63, 3.8) is 0 Å². The lowest BCUT2D eigenvalue weighted by Crippen LogP contribution is -2.30. The molecule has 0 rings (SSSR count). The molecule has 0 aromatic carbocycles. The number of unbranched alkanes of at least 4 members (excludes halogenated alkanes) is 34. The third-order valence-corrected chi connectivity index (χ3v) is 19.1. The number of carbonyl (C=O) groups is 3. The van der Waals surface area contributed by atoms with Crippen LogP contribution in [0.15, 0.2) is 122 Å². The Morgan fingerprint density at radius 1 is 0.282 bits per heavy atom. The molecule has 18 heteroatoms. The summed E-state index contributed by atoms with van der Waals surface area (Å²) in [5.74, 6) is -1.59. The number of hydrogen-bond donors (Lipinski definition) is 4. The second-order valence-corrected chi connectivity index (χ2v) is 30.1. The number of esters is 3. The van der Waals surface area contributed by atoms with Gasteiger partial charge in [-0.1, -0.05) is 328 Å². The Kier molecular flexibility index (Phi) is 74.5. The highest BCUT2D eigenvalue weighted by molar-refractivity contribution is 7.47. The second kappa shape index (κ2) is 77.6. The summed E-state index contributed by atoms with van der Waals surface area (Å²) in [6.07, 6.45) is 92.4. The summed E-state index contributed by atoms with van der Waals surface area (Å²) in [5.41, 5.74) is 0. The van der Waals surface area contributed by atoms with Gasteiger partial charge in [0.05, 0.1) is 26.4 Å². The van der Waals surface area contributed by atoms with Gasteiger partial charge in [-0.3, -0.25) is 32.5 Å². The molecule has 0 bridgehead atoms. The smallest absolute Gasteiger partial charge is 0.463 e.